The fourth-order valence-electron chi connectivity index (χ4n) is 3.43. The van der Waals surface area contributed by atoms with E-state index in [1.54, 1.807) is 7.11 Å². The maximum absolute atomic E-state index is 12.7. The van der Waals surface area contributed by atoms with Crippen LogP contribution in [0.25, 0.3) is 0 Å². The average molecular weight is 312 g/mol. The van der Waals surface area contributed by atoms with Gasteiger partial charge in [-0.05, 0) is 38.8 Å². The minimum Gasteiger partial charge on any atom is -0.378 e. The van der Waals surface area contributed by atoms with Crippen molar-refractivity contribution in [1.82, 2.24) is 10.6 Å². The first-order valence-corrected chi connectivity index (χ1v) is 8.64. The van der Waals surface area contributed by atoms with Crippen LogP contribution in [0.4, 0.5) is 0 Å². The predicted molar refractivity (Wildman–Crippen MR) is 86.8 cm³/mol. The molecule has 0 radical (unpaired) electrons. The van der Waals surface area contributed by atoms with Gasteiger partial charge < -0.3 is 20.1 Å². The molecule has 128 valence electrons. The number of nitrogens with one attached hydrogen (secondary N) is 2. The normalized spacial score (nSPS) is 29.6. The third kappa shape index (κ3) is 3.47. The fourth-order valence-corrected chi connectivity index (χ4v) is 3.43. The molecule has 1 aliphatic heterocycles. The monoisotopic (exact) mass is 312 g/mol. The van der Waals surface area contributed by atoms with E-state index in [1.165, 1.54) is 0 Å². The van der Waals surface area contributed by atoms with Gasteiger partial charge in [0.25, 0.3) is 5.91 Å². The molecule has 1 saturated carbocycles. The molecule has 2 rings (SSSR count). The lowest BCUT2D eigenvalue weighted by molar-refractivity contribution is -0.158. The van der Waals surface area contributed by atoms with E-state index in [0.29, 0.717) is 0 Å². The largest absolute Gasteiger partial charge is 0.378 e. The first-order chi connectivity index (χ1) is 10.5. The highest BCUT2D eigenvalue weighted by molar-refractivity contribution is 5.85. The second-order valence-corrected chi connectivity index (χ2v) is 7.24. The van der Waals surface area contributed by atoms with Gasteiger partial charge in [0.05, 0.1) is 6.10 Å². The Morgan fingerprint density at radius 2 is 2.00 bits per heavy atom. The van der Waals surface area contributed by atoms with Gasteiger partial charge in [0.15, 0.2) is 0 Å². The molecule has 2 atom stereocenters. The van der Waals surface area contributed by atoms with E-state index < -0.39 is 5.60 Å². The van der Waals surface area contributed by atoms with Crippen LogP contribution in [0.1, 0.15) is 52.9 Å². The number of hydrogen-bond donors (Lipinski definition) is 2. The fraction of sp³-hybridized carbons (Fsp3) is 0.941. The van der Waals surface area contributed by atoms with Gasteiger partial charge >= 0.3 is 0 Å². The van der Waals surface area contributed by atoms with Crippen molar-refractivity contribution in [1.29, 1.82) is 0 Å². The number of amides is 1. The lowest BCUT2D eigenvalue weighted by Gasteiger charge is -2.52. The molecule has 2 fully saturated rings. The molecule has 0 aromatic rings. The van der Waals surface area contributed by atoms with Crippen molar-refractivity contribution in [3.63, 3.8) is 0 Å². The van der Waals surface area contributed by atoms with Gasteiger partial charge in [0, 0.05) is 25.2 Å². The van der Waals surface area contributed by atoms with Gasteiger partial charge in [-0.25, -0.2) is 0 Å². The lowest BCUT2D eigenvalue weighted by atomic mass is 9.64. The summed E-state index contributed by atoms with van der Waals surface area (Å²) >= 11 is 0. The molecule has 2 aliphatic rings. The van der Waals surface area contributed by atoms with Crippen molar-refractivity contribution in [3.8, 4) is 0 Å². The summed E-state index contributed by atoms with van der Waals surface area (Å²) in [6.07, 6.45) is 4.87. The zero-order valence-corrected chi connectivity index (χ0v) is 14.5. The molecule has 0 spiro atoms. The molecule has 5 heteroatoms. The summed E-state index contributed by atoms with van der Waals surface area (Å²) in [6.45, 7) is 9.01. The molecule has 2 N–H and O–H groups in total. The van der Waals surface area contributed by atoms with E-state index in [2.05, 4.69) is 31.4 Å². The Morgan fingerprint density at radius 1 is 1.32 bits per heavy atom. The van der Waals surface area contributed by atoms with Crippen molar-refractivity contribution >= 4 is 5.91 Å². The molecule has 22 heavy (non-hydrogen) atoms. The summed E-state index contributed by atoms with van der Waals surface area (Å²) in [5.74, 6) is 0.0431. The van der Waals surface area contributed by atoms with Crippen molar-refractivity contribution in [2.24, 2.45) is 5.41 Å². The van der Waals surface area contributed by atoms with Crippen LogP contribution in [0.15, 0.2) is 0 Å². The van der Waals surface area contributed by atoms with Gasteiger partial charge in [0.1, 0.15) is 5.60 Å². The van der Waals surface area contributed by atoms with Crippen LogP contribution in [0.3, 0.4) is 0 Å². The minimum absolute atomic E-state index is 0.00868. The van der Waals surface area contributed by atoms with Gasteiger partial charge in [-0.15, -0.1) is 0 Å². The standard InChI is InChI=1S/C17H32N2O3/c1-5-6-11-22-14-12-13(16(14,2)3)19-15(20)17(21-4)7-9-18-10-8-17/h13-14,18H,5-12H2,1-4H3,(H,19,20). The highest BCUT2D eigenvalue weighted by Crippen LogP contribution is 2.43. The molecular formula is C17H32N2O3. The quantitative estimate of drug-likeness (QED) is 0.705. The zero-order chi connectivity index (χ0) is 16.2. The molecule has 2 unspecified atom stereocenters. The Hall–Kier alpha value is -0.650. The summed E-state index contributed by atoms with van der Waals surface area (Å²) < 4.78 is 11.6. The molecule has 1 heterocycles. The Bertz CT molecular complexity index is 378. The number of hydrogen-bond acceptors (Lipinski definition) is 4. The van der Waals surface area contributed by atoms with E-state index in [9.17, 15) is 4.79 Å². The van der Waals surface area contributed by atoms with E-state index >= 15 is 0 Å². The predicted octanol–water partition coefficient (Wildman–Crippen LogP) is 1.85. The summed E-state index contributed by atoms with van der Waals surface area (Å²) in [7, 11) is 1.65. The Morgan fingerprint density at radius 3 is 2.55 bits per heavy atom. The highest BCUT2D eigenvalue weighted by atomic mass is 16.5. The third-order valence-electron chi connectivity index (χ3n) is 5.52. The highest BCUT2D eigenvalue weighted by Gasteiger charge is 2.51. The van der Waals surface area contributed by atoms with Crippen molar-refractivity contribution in [2.75, 3.05) is 26.8 Å². The summed E-state index contributed by atoms with van der Waals surface area (Å²) in [4.78, 5) is 12.7. The van der Waals surface area contributed by atoms with E-state index in [1.807, 2.05) is 0 Å². The molecule has 1 amide bonds. The van der Waals surface area contributed by atoms with Gasteiger partial charge in [-0.2, -0.15) is 0 Å². The van der Waals surface area contributed by atoms with Gasteiger partial charge in [0.2, 0.25) is 0 Å². The molecule has 0 aromatic carbocycles. The van der Waals surface area contributed by atoms with E-state index in [-0.39, 0.29) is 23.5 Å². The molecule has 5 nitrogen and oxygen atoms in total. The van der Waals surface area contributed by atoms with Gasteiger partial charge in [-0.1, -0.05) is 27.2 Å². The third-order valence-corrected chi connectivity index (χ3v) is 5.52. The number of ether oxygens (including phenoxy) is 2. The topological polar surface area (TPSA) is 59.6 Å². The molecule has 1 saturated heterocycles. The number of unbranched alkanes of at least 4 members (excludes halogenated alkanes) is 1. The van der Waals surface area contributed by atoms with Crippen LogP contribution < -0.4 is 10.6 Å². The lowest BCUT2D eigenvalue weighted by Crippen LogP contribution is -2.65. The summed E-state index contributed by atoms with van der Waals surface area (Å²) in [5, 5.41) is 6.50. The van der Waals surface area contributed by atoms with Crippen LogP contribution in [0.5, 0.6) is 0 Å². The van der Waals surface area contributed by atoms with E-state index in [0.717, 1.165) is 51.8 Å². The summed E-state index contributed by atoms with van der Waals surface area (Å²) in [5.41, 5.74) is -0.666. The van der Waals surface area contributed by atoms with E-state index in [4.69, 9.17) is 9.47 Å². The number of carbonyl (C=O) groups is 1. The Balaban J connectivity index is 1.87. The van der Waals surface area contributed by atoms with Gasteiger partial charge in [-0.3, -0.25) is 4.79 Å². The molecule has 0 bridgehead atoms. The number of rotatable bonds is 7. The molecule has 1 aliphatic carbocycles. The Labute approximate surface area is 134 Å². The number of piperidine rings is 1. The van der Waals surface area contributed by atoms with Crippen LogP contribution >= 0.6 is 0 Å². The van der Waals surface area contributed by atoms with Crippen LogP contribution in [0, 0.1) is 5.41 Å². The second kappa shape index (κ2) is 7.28. The molecular weight excluding hydrogens is 280 g/mol. The minimum atomic E-state index is -0.657. The smallest absolute Gasteiger partial charge is 0.252 e. The SMILES string of the molecule is CCCCOC1CC(NC(=O)C2(OC)CCNCC2)C1(C)C. The zero-order valence-electron chi connectivity index (χ0n) is 14.5. The summed E-state index contributed by atoms with van der Waals surface area (Å²) in [6, 6.07) is 0.175. The van der Waals surface area contributed by atoms with Crippen molar-refractivity contribution in [3.05, 3.63) is 0 Å². The van der Waals surface area contributed by atoms with Crippen LogP contribution in [-0.2, 0) is 14.3 Å². The molecule has 0 aromatic heterocycles. The first kappa shape index (κ1) is 17.7. The van der Waals surface area contributed by atoms with Crippen LogP contribution in [0.2, 0.25) is 0 Å². The van der Waals surface area contributed by atoms with Crippen LogP contribution in [-0.4, -0.2) is 50.5 Å². The van der Waals surface area contributed by atoms with Crippen molar-refractivity contribution in [2.45, 2.75) is 70.6 Å². The van der Waals surface area contributed by atoms with Crippen molar-refractivity contribution < 1.29 is 14.3 Å². The second-order valence-electron chi connectivity index (χ2n) is 7.24. The maximum Gasteiger partial charge on any atom is 0.252 e. The maximum atomic E-state index is 12.7. The number of methoxy groups -OCH3 is 1. The number of carbonyl (C=O) groups excluding carboxylic acids is 1. The Kier molecular flexibility index (Phi) is 5.86. The average Bonchev–Trinajstić information content (AvgIpc) is 2.53. The first-order valence-electron chi connectivity index (χ1n) is 8.64.